The molecule has 0 nitrogen and oxygen atoms in total. The Kier molecular flexibility index (Phi) is 17.7. The lowest BCUT2D eigenvalue weighted by atomic mass is 10.0. The zero-order valence-corrected chi connectivity index (χ0v) is 35.3. The van der Waals surface area contributed by atoms with Gasteiger partial charge in [0.15, 0.2) is 0 Å². The van der Waals surface area contributed by atoms with Crippen LogP contribution in [0.5, 0.6) is 0 Å². The third-order valence-corrected chi connectivity index (χ3v) is 15.9. The Bertz CT molecular complexity index is 1330. The van der Waals surface area contributed by atoms with Crippen LogP contribution in [0.25, 0.3) is 29.3 Å². The summed E-state index contributed by atoms with van der Waals surface area (Å²) >= 11 is 15.9. The molecule has 6 heteroatoms. The molecule has 0 aromatic carbocycles. The van der Waals surface area contributed by atoms with Crippen LogP contribution in [0.15, 0.2) is 31.8 Å². The van der Waals surface area contributed by atoms with Crippen LogP contribution < -0.4 is 0 Å². The van der Waals surface area contributed by atoms with Gasteiger partial charge in [-0.05, 0) is 130 Å². The average Bonchev–Trinajstić information content (AvgIpc) is 3.83. The Morgan fingerprint density at radius 2 is 0.674 bits per heavy atom. The summed E-state index contributed by atoms with van der Waals surface area (Å²) in [5.74, 6) is 0. The summed E-state index contributed by atoms with van der Waals surface area (Å²) in [6.07, 6.45) is 25.8. The van der Waals surface area contributed by atoms with Gasteiger partial charge in [0.1, 0.15) is 0 Å². The molecule has 4 heterocycles. The largest absolute Gasteiger partial charge is 0.133 e. The molecule has 0 spiro atoms. The molecule has 0 aliphatic carbocycles. The van der Waals surface area contributed by atoms with Crippen LogP contribution >= 0.6 is 77.2 Å². The fraction of sp³-hybridized carbons (Fsp3) is 0.600. The minimum absolute atomic E-state index is 1.19. The highest BCUT2D eigenvalue weighted by Crippen LogP contribution is 2.49. The van der Waals surface area contributed by atoms with Crippen LogP contribution in [0.3, 0.4) is 0 Å². The molecule has 0 radical (unpaired) electrons. The van der Waals surface area contributed by atoms with Crippen molar-refractivity contribution in [1.82, 2.24) is 0 Å². The summed E-state index contributed by atoms with van der Waals surface area (Å²) in [5.41, 5.74) is 6.14. The Labute approximate surface area is 314 Å². The lowest BCUT2D eigenvalue weighted by Crippen LogP contribution is -1.86. The second kappa shape index (κ2) is 21.1. The third-order valence-electron chi connectivity index (χ3n) is 9.02. The lowest BCUT2D eigenvalue weighted by Gasteiger charge is -2.02. The number of rotatable bonds is 23. The highest BCUT2D eigenvalue weighted by atomic mass is 79.9. The second-order valence-electron chi connectivity index (χ2n) is 13.0. The molecule has 4 aromatic heterocycles. The fourth-order valence-electron chi connectivity index (χ4n) is 6.24. The topological polar surface area (TPSA) is 0 Å². The van der Waals surface area contributed by atoms with E-state index in [2.05, 4.69) is 106 Å². The van der Waals surface area contributed by atoms with Gasteiger partial charge in [-0.1, -0.05) is 105 Å². The first-order valence-electron chi connectivity index (χ1n) is 18.3. The molecule has 0 saturated carbocycles. The summed E-state index contributed by atoms with van der Waals surface area (Å²) in [5, 5.41) is 0. The van der Waals surface area contributed by atoms with Gasteiger partial charge in [-0.3, -0.25) is 0 Å². The van der Waals surface area contributed by atoms with E-state index >= 15 is 0 Å². The van der Waals surface area contributed by atoms with Crippen LogP contribution in [0.4, 0.5) is 0 Å². The van der Waals surface area contributed by atoms with E-state index in [-0.39, 0.29) is 0 Å². The molecule has 4 aromatic rings. The van der Waals surface area contributed by atoms with E-state index in [0.717, 1.165) is 0 Å². The highest BCUT2D eigenvalue weighted by Gasteiger charge is 2.21. The molecule has 46 heavy (non-hydrogen) atoms. The SMILES string of the molecule is CCCCCCc1cc(-c2sc(-c3cc(CCCCCC)c(-c4cc(CCCCCC)c(Br)s4)s3)cc2CCCCCC)sc1Br. The molecular weight excluding hydrogens is 769 g/mol. The van der Waals surface area contributed by atoms with Gasteiger partial charge in [0.2, 0.25) is 0 Å². The smallest absolute Gasteiger partial charge is 0.0737 e. The second-order valence-corrected chi connectivity index (χ2v) is 19.8. The summed E-state index contributed by atoms with van der Waals surface area (Å²) in [6, 6.07) is 10.2. The van der Waals surface area contributed by atoms with E-state index in [0.29, 0.717) is 0 Å². The number of hydrogen-bond acceptors (Lipinski definition) is 4. The molecule has 0 N–H and O–H groups in total. The first kappa shape index (κ1) is 38.6. The van der Waals surface area contributed by atoms with Crippen molar-refractivity contribution in [3.05, 3.63) is 54.1 Å². The van der Waals surface area contributed by atoms with Gasteiger partial charge in [0.05, 0.1) is 7.57 Å². The van der Waals surface area contributed by atoms with Crippen LogP contribution in [-0.4, -0.2) is 0 Å². The van der Waals surface area contributed by atoms with E-state index < -0.39 is 0 Å². The number of halogens is 2. The maximum Gasteiger partial charge on any atom is 0.0737 e. The maximum atomic E-state index is 3.96. The van der Waals surface area contributed by atoms with E-state index in [1.165, 1.54) is 176 Å². The Morgan fingerprint density at radius 3 is 1.00 bits per heavy atom. The van der Waals surface area contributed by atoms with Crippen molar-refractivity contribution in [3.63, 3.8) is 0 Å². The zero-order chi connectivity index (χ0) is 32.7. The molecule has 254 valence electrons. The Balaban J connectivity index is 1.65. The summed E-state index contributed by atoms with van der Waals surface area (Å²) in [6.45, 7) is 9.23. The van der Waals surface area contributed by atoms with Gasteiger partial charge < -0.3 is 0 Å². The van der Waals surface area contributed by atoms with Crippen molar-refractivity contribution in [2.75, 3.05) is 0 Å². The minimum atomic E-state index is 1.19. The molecule has 0 unspecified atom stereocenters. The predicted octanol–water partition coefficient (Wildman–Crippen LogP) is 16.9. The molecule has 0 aliphatic rings. The molecule has 4 rings (SSSR count). The summed E-state index contributed by atoms with van der Waals surface area (Å²) in [7, 11) is 0. The Hall–Kier alpha value is -0.240. The van der Waals surface area contributed by atoms with Gasteiger partial charge in [-0.25, -0.2) is 0 Å². The van der Waals surface area contributed by atoms with Gasteiger partial charge >= 0.3 is 0 Å². The average molecular weight is 825 g/mol. The van der Waals surface area contributed by atoms with Crippen LogP contribution in [0.2, 0.25) is 0 Å². The molecule has 0 fully saturated rings. The molecule has 0 aliphatic heterocycles. The molecular formula is C40H56Br2S4. The summed E-state index contributed by atoms with van der Waals surface area (Å²) in [4.78, 5) is 8.90. The number of unbranched alkanes of at least 4 members (excludes halogenated alkanes) is 12. The molecule has 0 bridgehead atoms. The standard InChI is InChI=1S/C40H56Br2S4/c1-5-9-13-17-21-29-25-33(43-37(29)35-27-31(39(41)45-35)23-19-15-11-7-3)34-26-30(22-18-14-10-6-2)38(44-34)36-28-32(40(42)46-36)24-20-16-12-8-4/h25-28H,5-24H2,1-4H3. The van der Waals surface area contributed by atoms with E-state index in [4.69, 9.17) is 0 Å². The first-order chi connectivity index (χ1) is 22.5. The summed E-state index contributed by atoms with van der Waals surface area (Å²) < 4.78 is 2.68. The number of thiophene rings is 4. The van der Waals surface area contributed by atoms with Crippen LogP contribution in [-0.2, 0) is 25.7 Å². The van der Waals surface area contributed by atoms with Crippen molar-refractivity contribution in [3.8, 4) is 29.3 Å². The normalized spacial score (nSPS) is 11.7. The minimum Gasteiger partial charge on any atom is -0.133 e. The van der Waals surface area contributed by atoms with E-state index in [1.54, 1.807) is 11.1 Å². The van der Waals surface area contributed by atoms with Crippen molar-refractivity contribution in [1.29, 1.82) is 0 Å². The zero-order valence-electron chi connectivity index (χ0n) is 28.8. The van der Waals surface area contributed by atoms with Crippen LogP contribution in [0, 0.1) is 0 Å². The first-order valence-corrected chi connectivity index (χ1v) is 23.2. The quantitative estimate of drug-likeness (QED) is 0.0654. The fourth-order valence-corrected chi connectivity index (χ4v) is 12.5. The molecule has 0 atom stereocenters. The molecule has 0 saturated heterocycles. The van der Waals surface area contributed by atoms with Crippen LogP contribution in [0.1, 0.15) is 153 Å². The van der Waals surface area contributed by atoms with Gasteiger partial charge in [-0.2, -0.15) is 0 Å². The molecule has 0 amide bonds. The van der Waals surface area contributed by atoms with Gasteiger partial charge in [0.25, 0.3) is 0 Å². The maximum absolute atomic E-state index is 3.96. The number of hydrogen-bond donors (Lipinski definition) is 0. The third kappa shape index (κ3) is 11.4. The lowest BCUT2D eigenvalue weighted by molar-refractivity contribution is 0.667. The van der Waals surface area contributed by atoms with Crippen molar-refractivity contribution < 1.29 is 0 Å². The van der Waals surface area contributed by atoms with Gasteiger partial charge in [-0.15, -0.1) is 45.3 Å². The van der Waals surface area contributed by atoms with Crippen molar-refractivity contribution in [2.45, 2.75) is 156 Å². The van der Waals surface area contributed by atoms with E-state index in [1.807, 2.05) is 22.7 Å². The highest BCUT2D eigenvalue weighted by molar-refractivity contribution is 9.11. The van der Waals surface area contributed by atoms with Crippen molar-refractivity contribution >= 4 is 77.2 Å². The number of aryl methyl sites for hydroxylation is 4. The Morgan fingerprint density at radius 1 is 0.370 bits per heavy atom. The predicted molar refractivity (Wildman–Crippen MR) is 221 cm³/mol. The van der Waals surface area contributed by atoms with Crippen molar-refractivity contribution in [2.24, 2.45) is 0 Å². The van der Waals surface area contributed by atoms with E-state index in [9.17, 15) is 0 Å². The van der Waals surface area contributed by atoms with Gasteiger partial charge in [0, 0.05) is 29.3 Å². The monoisotopic (exact) mass is 822 g/mol.